The third kappa shape index (κ3) is 2.96. The van der Waals surface area contributed by atoms with Crippen LogP contribution in [0.15, 0.2) is 42.5 Å². The Bertz CT molecular complexity index is 597. The van der Waals surface area contributed by atoms with Gasteiger partial charge in [-0.15, -0.1) is 0 Å². The van der Waals surface area contributed by atoms with E-state index in [2.05, 4.69) is 5.32 Å². The third-order valence-corrected chi connectivity index (χ3v) is 2.80. The highest BCUT2D eigenvalue weighted by Gasteiger charge is 2.16. The molecule has 0 aliphatic rings. The van der Waals surface area contributed by atoms with Gasteiger partial charge in [-0.05, 0) is 30.7 Å². The highest BCUT2D eigenvalue weighted by atomic mass is 19.2. The number of aryl methyl sites for hydroxylation is 1. The Balaban J connectivity index is 2.11. The van der Waals surface area contributed by atoms with Crippen molar-refractivity contribution >= 4 is 11.5 Å². The van der Waals surface area contributed by atoms with Crippen LogP contribution in [-0.4, -0.2) is 12.3 Å². The number of hydrogen-bond donors (Lipinski definition) is 1. The maximum Gasteiger partial charge on any atom is 0.184 e. The van der Waals surface area contributed by atoms with Gasteiger partial charge >= 0.3 is 0 Å². The topological polar surface area (TPSA) is 29.1 Å². The fraction of sp³-hybridized carbons (Fsp3) is 0.133. The molecule has 0 fully saturated rings. The Morgan fingerprint density at radius 3 is 2.42 bits per heavy atom. The largest absolute Gasteiger partial charge is 0.378 e. The second-order valence-corrected chi connectivity index (χ2v) is 4.20. The first-order chi connectivity index (χ1) is 9.09. The number of nitrogens with one attached hydrogen (secondary N) is 1. The molecule has 2 aromatic carbocycles. The second-order valence-electron chi connectivity index (χ2n) is 4.20. The minimum atomic E-state index is -1.08. The zero-order valence-corrected chi connectivity index (χ0v) is 10.4. The monoisotopic (exact) mass is 261 g/mol. The van der Waals surface area contributed by atoms with Crippen LogP contribution in [0.5, 0.6) is 0 Å². The van der Waals surface area contributed by atoms with E-state index >= 15 is 0 Å². The number of benzene rings is 2. The van der Waals surface area contributed by atoms with Crippen LogP contribution in [0.1, 0.15) is 15.9 Å². The Hall–Kier alpha value is -2.23. The lowest BCUT2D eigenvalue weighted by atomic mass is 10.1. The van der Waals surface area contributed by atoms with Crippen molar-refractivity contribution in [3.63, 3.8) is 0 Å². The second kappa shape index (κ2) is 5.61. The third-order valence-electron chi connectivity index (χ3n) is 2.80. The van der Waals surface area contributed by atoms with Crippen LogP contribution in [0.3, 0.4) is 0 Å². The molecule has 0 bridgehead atoms. The minimum absolute atomic E-state index is 0.0799. The summed E-state index contributed by atoms with van der Waals surface area (Å²) in [4.78, 5) is 11.8. The number of ketones is 1. The van der Waals surface area contributed by atoms with E-state index in [0.717, 1.165) is 5.69 Å². The van der Waals surface area contributed by atoms with E-state index in [0.29, 0.717) is 0 Å². The molecule has 0 saturated carbocycles. The van der Waals surface area contributed by atoms with Gasteiger partial charge in [0, 0.05) is 5.69 Å². The van der Waals surface area contributed by atoms with Crippen molar-refractivity contribution in [3.8, 4) is 0 Å². The molecule has 2 aromatic rings. The number of anilines is 1. The molecule has 0 atom stereocenters. The van der Waals surface area contributed by atoms with Crippen LogP contribution in [0.25, 0.3) is 0 Å². The highest BCUT2D eigenvalue weighted by molar-refractivity contribution is 5.99. The van der Waals surface area contributed by atoms with E-state index in [1.807, 2.05) is 18.2 Å². The molecule has 2 nitrogen and oxygen atoms in total. The van der Waals surface area contributed by atoms with Crippen LogP contribution in [0.2, 0.25) is 0 Å². The maximum absolute atomic E-state index is 13.6. The number of Topliss-reactive ketones (excluding diaryl/α,β-unsaturated/α-hetero) is 1. The van der Waals surface area contributed by atoms with Gasteiger partial charge in [-0.3, -0.25) is 4.79 Å². The summed E-state index contributed by atoms with van der Waals surface area (Å²) in [6.07, 6.45) is 0. The van der Waals surface area contributed by atoms with Crippen molar-refractivity contribution in [1.82, 2.24) is 0 Å². The van der Waals surface area contributed by atoms with Gasteiger partial charge < -0.3 is 5.32 Å². The molecule has 0 aliphatic carbocycles. The maximum atomic E-state index is 13.6. The Kier molecular flexibility index (Phi) is 3.90. The van der Waals surface area contributed by atoms with Gasteiger partial charge in [0.1, 0.15) is 0 Å². The van der Waals surface area contributed by atoms with Crippen LogP contribution in [0, 0.1) is 18.6 Å². The predicted octanol–water partition coefficient (Wildman–Crippen LogP) is 3.57. The van der Waals surface area contributed by atoms with Crippen molar-refractivity contribution in [3.05, 3.63) is 65.2 Å². The molecule has 4 heteroatoms. The average molecular weight is 261 g/mol. The quantitative estimate of drug-likeness (QED) is 0.852. The van der Waals surface area contributed by atoms with Crippen molar-refractivity contribution in [2.45, 2.75) is 6.92 Å². The van der Waals surface area contributed by atoms with E-state index < -0.39 is 17.4 Å². The predicted molar refractivity (Wildman–Crippen MR) is 70.4 cm³/mol. The van der Waals surface area contributed by atoms with Crippen LogP contribution in [0.4, 0.5) is 14.5 Å². The Morgan fingerprint density at radius 2 is 1.74 bits per heavy atom. The molecule has 1 N–H and O–H groups in total. The summed E-state index contributed by atoms with van der Waals surface area (Å²) in [5.74, 6) is -2.54. The first-order valence-electron chi connectivity index (χ1n) is 5.86. The van der Waals surface area contributed by atoms with Gasteiger partial charge in [0.2, 0.25) is 0 Å². The summed E-state index contributed by atoms with van der Waals surface area (Å²) in [7, 11) is 0. The van der Waals surface area contributed by atoms with Crippen molar-refractivity contribution in [2.24, 2.45) is 0 Å². The number of hydrogen-bond acceptors (Lipinski definition) is 2. The van der Waals surface area contributed by atoms with Crippen molar-refractivity contribution in [1.29, 1.82) is 0 Å². The first-order valence-corrected chi connectivity index (χ1v) is 5.86. The smallest absolute Gasteiger partial charge is 0.184 e. The molecule has 0 spiro atoms. The molecule has 0 radical (unpaired) electrons. The van der Waals surface area contributed by atoms with Crippen molar-refractivity contribution < 1.29 is 13.6 Å². The van der Waals surface area contributed by atoms with E-state index in [9.17, 15) is 13.6 Å². The number of carbonyl (C=O) groups is 1. The molecule has 2 rings (SSSR count). The average Bonchev–Trinajstić information content (AvgIpc) is 2.43. The molecule has 0 heterocycles. The molecule has 0 unspecified atom stereocenters. The number of rotatable bonds is 4. The summed E-state index contributed by atoms with van der Waals surface area (Å²) in [6, 6.07) is 11.8. The van der Waals surface area contributed by atoms with Crippen LogP contribution in [-0.2, 0) is 0 Å². The van der Waals surface area contributed by atoms with Crippen LogP contribution < -0.4 is 5.32 Å². The summed E-state index contributed by atoms with van der Waals surface area (Å²) >= 11 is 0. The molecule has 19 heavy (non-hydrogen) atoms. The summed E-state index contributed by atoms with van der Waals surface area (Å²) in [5.41, 5.74) is 0.709. The Labute approximate surface area is 110 Å². The lowest BCUT2D eigenvalue weighted by Gasteiger charge is -2.07. The van der Waals surface area contributed by atoms with Gasteiger partial charge in [0.05, 0.1) is 12.1 Å². The van der Waals surface area contributed by atoms with E-state index in [-0.39, 0.29) is 17.7 Å². The lowest BCUT2D eigenvalue weighted by Crippen LogP contribution is -2.16. The van der Waals surface area contributed by atoms with Crippen LogP contribution >= 0.6 is 0 Å². The Morgan fingerprint density at radius 1 is 1.05 bits per heavy atom. The zero-order chi connectivity index (χ0) is 13.8. The van der Waals surface area contributed by atoms with Gasteiger partial charge in [0.15, 0.2) is 17.4 Å². The van der Waals surface area contributed by atoms with E-state index in [1.165, 1.54) is 19.1 Å². The summed E-state index contributed by atoms with van der Waals surface area (Å²) < 4.78 is 27.0. The number of carbonyl (C=O) groups excluding carboxylic acids is 1. The van der Waals surface area contributed by atoms with Crippen molar-refractivity contribution in [2.75, 3.05) is 11.9 Å². The van der Waals surface area contributed by atoms with Gasteiger partial charge in [0.25, 0.3) is 0 Å². The SMILES string of the molecule is Cc1ccc(C(=O)CNc2ccccc2)c(F)c1F. The van der Waals surface area contributed by atoms with E-state index in [4.69, 9.17) is 0 Å². The number of halogens is 2. The first kappa shape index (κ1) is 13.2. The highest BCUT2D eigenvalue weighted by Crippen LogP contribution is 2.16. The normalized spacial score (nSPS) is 10.3. The molecule has 0 aromatic heterocycles. The molecular formula is C15H13F2NO. The summed E-state index contributed by atoms with van der Waals surface area (Å²) in [5, 5.41) is 2.87. The lowest BCUT2D eigenvalue weighted by molar-refractivity contribution is 0.100. The fourth-order valence-electron chi connectivity index (χ4n) is 1.69. The molecule has 0 saturated heterocycles. The zero-order valence-electron chi connectivity index (χ0n) is 10.4. The summed E-state index contributed by atoms with van der Waals surface area (Å²) in [6.45, 7) is 1.37. The standard InChI is InChI=1S/C15H13F2NO/c1-10-7-8-12(15(17)14(10)16)13(19)9-18-11-5-3-2-4-6-11/h2-8,18H,9H2,1H3. The molecule has 0 aliphatic heterocycles. The molecule has 98 valence electrons. The van der Waals surface area contributed by atoms with E-state index in [1.54, 1.807) is 12.1 Å². The number of para-hydroxylation sites is 1. The van der Waals surface area contributed by atoms with Gasteiger partial charge in [-0.1, -0.05) is 24.3 Å². The fourth-order valence-corrected chi connectivity index (χ4v) is 1.69. The van der Waals surface area contributed by atoms with Gasteiger partial charge in [-0.2, -0.15) is 0 Å². The molecular weight excluding hydrogens is 248 g/mol. The molecule has 0 amide bonds. The minimum Gasteiger partial charge on any atom is -0.378 e. The van der Waals surface area contributed by atoms with Gasteiger partial charge in [-0.25, -0.2) is 8.78 Å².